The lowest BCUT2D eigenvalue weighted by atomic mass is 9.91. The molecule has 0 radical (unpaired) electrons. The number of nitrogens with two attached hydrogens (primary N) is 1. The summed E-state index contributed by atoms with van der Waals surface area (Å²) in [5, 5.41) is 0. The molecule has 1 aliphatic heterocycles. The monoisotopic (exact) mass is 281 g/mol. The number of aromatic nitrogens is 1. The second-order valence-corrected chi connectivity index (χ2v) is 5.93. The van der Waals surface area contributed by atoms with Gasteiger partial charge in [-0.05, 0) is 55.3 Å². The Kier molecular flexibility index (Phi) is 4.32. The number of rotatable bonds is 3. The van der Waals surface area contributed by atoms with Crippen LogP contribution < -0.4 is 5.73 Å². The van der Waals surface area contributed by atoms with E-state index in [1.807, 2.05) is 24.5 Å². The van der Waals surface area contributed by atoms with Gasteiger partial charge in [0.1, 0.15) is 0 Å². The topological polar surface area (TPSA) is 42.1 Å². The third-order valence-electron chi connectivity index (χ3n) is 4.55. The first kappa shape index (κ1) is 14.2. The van der Waals surface area contributed by atoms with Crippen molar-refractivity contribution in [3.8, 4) is 11.1 Å². The molecule has 0 unspecified atom stereocenters. The molecule has 110 valence electrons. The summed E-state index contributed by atoms with van der Waals surface area (Å²) in [7, 11) is 2.19. The highest BCUT2D eigenvalue weighted by molar-refractivity contribution is 5.63. The van der Waals surface area contributed by atoms with Crippen molar-refractivity contribution in [3.63, 3.8) is 0 Å². The van der Waals surface area contributed by atoms with Crippen LogP contribution in [0.4, 0.5) is 0 Å². The Labute approximate surface area is 126 Å². The second kappa shape index (κ2) is 6.37. The molecule has 1 aliphatic rings. The molecule has 1 aromatic heterocycles. The van der Waals surface area contributed by atoms with Crippen molar-refractivity contribution in [2.75, 3.05) is 13.6 Å². The van der Waals surface area contributed by atoms with Crippen LogP contribution in [0.5, 0.6) is 0 Å². The molecule has 2 N–H and O–H groups in total. The Bertz CT molecular complexity index is 565. The fraction of sp³-hybridized carbons (Fsp3) is 0.389. The van der Waals surface area contributed by atoms with Gasteiger partial charge in [-0.3, -0.25) is 4.98 Å². The van der Waals surface area contributed by atoms with E-state index in [0.29, 0.717) is 6.04 Å². The normalized spacial score (nSPS) is 21.1. The van der Waals surface area contributed by atoms with Gasteiger partial charge >= 0.3 is 0 Å². The molecule has 0 amide bonds. The van der Waals surface area contributed by atoms with Crippen LogP contribution in [0.3, 0.4) is 0 Å². The number of piperidine rings is 1. The third-order valence-corrected chi connectivity index (χ3v) is 4.55. The van der Waals surface area contributed by atoms with Gasteiger partial charge in [-0.1, -0.05) is 30.7 Å². The van der Waals surface area contributed by atoms with Gasteiger partial charge in [0.25, 0.3) is 0 Å². The molecule has 1 saturated heterocycles. The van der Waals surface area contributed by atoms with Crippen molar-refractivity contribution in [2.45, 2.75) is 31.3 Å². The highest BCUT2D eigenvalue weighted by Crippen LogP contribution is 2.27. The van der Waals surface area contributed by atoms with Crippen molar-refractivity contribution >= 4 is 0 Å². The summed E-state index contributed by atoms with van der Waals surface area (Å²) >= 11 is 0. The van der Waals surface area contributed by atoms with Gasteiger partial charge in [0, 0.05) is 24.5 Å². The lowest BCUT2D eigenvalue weighted by Gasteiger charge is -2.36. The molecule has 2 heterocycles. The van der Waals surface area contributed by atoms with Gasteiger partial charge < -0.3 is 10.6 Å². The van der Waals surface area contributed by atoms with Crippen LogP contribution in [0.25, 0.3) is 11.1 Å². The first-order valence-electron chi connectivity index (χ1n) is 7.72. The smallest absolute Gasteiger partial charge is 0.0452 e. The fourth-order valence-electron chi connectivity index (χ4n) is 3.22. The van der Waals surface area contributed by atoms with E-state index in [1.165, 1.54) is 36.0 Å². The van der Waals surface area contributed by atoms with Crippen molar-refractivity contribution < 1.29 is 0 Å². The fourth-order valence-corrected chi connectivity index (χ4v) is 3.22. The van der Waals surface area contributed by atoms with E-state index in [2.05, 4.69) is 41.2 Å². The van der Waals surface area contributed by atoms with Crippen LogP contribution in [0.15, 0.2) is 48.8 Å². The molecule has 2 aromatic rings. The van der Waals surface area contributed by atoms with E-state index in [1.54, 1.807) is 0 Å². The van der Waals surface area contributed by atoms with Crippen LogP contribution in [-0.2, 0) is 0 Å². The van der Waals surface area contributed by atoms with Crippen molar-refractivity contribution in [3.05, 3.63) is 54.4 Å². The van der Waals surface area contributed by atoms with Gasteiger partial charge in [-0.15, -0.1) is 0 Å². The number of pyridine rings is 1. The van der Waals surface area contributed by atoms with Crippen LogP contribution >= 0.6 is 0 Å². The van der Waals surface area contributed by atoms with Crippen LogP contribution in [0.1, 0.15) is 30.9 Å². The third kappa shape index (κ3) is 3.14. The van der Waals surface area contributed by atoms with Gasteiger partial charge in [0.15, 0.2) is 0 Å². The minimum absolute atomic E-state index is 0.0989. The summed E-state index contributed by atoms with van der Waals surface area (Å²) < 4.78 is 0. The SMILES string of the molecule is CN1CCCC[C@H]1[C@@H](N)c1ccc(-c2ccncc2)cc1. The number of hydrogen-bond donors (Lipinski definition) is 1. The molecule has 1 fully saturated rings. The Balaban J connectivity index is 1.77. The van der Waals surface area contributed by atoms with Gasteiger partial charge in [-0.2, -0.15) is 0 Å². The van der Waals surface area contributed by atoms with Gasteiger partial charge in [-0.25, -0.2) is 0 Å². The lowest BCUT2D eigenvalue weighted by molar-refractivity contribution is 0.160. The minimum atomic E-state index is 0.0989. The van der Waals surface area contributed by atoms with Crippen LogP contribution in [0, 0.1) is 0 Å². The number of benzene rings is 1. The molecular formula is C18H23N3. The Morgan fingerprint density at radius 1 is 1.05 bits per heavy atom. The molecule has 0 spiro atoms. The summed E-state index contributed by atoms with van der Waals surface area (Å²) in [4.78, 5) is 6.47. The quantitative estimate of drug-likeness (QED) is 0.939. The van der Waals surface area contributed by atoms with E-state index < -0.39 is 0 Å². The number of likely N-dealkylation sites (tertiary alicyclic amines) is 1. The first-order valence-corrected chi connectivity index (χ1v) is 7.72. The molecule has 3 nitrogen and oxygen atoms in total. The molecule has 0 aliphatic carbocycles. The summed E-state index contributed by atoms with van der Waals surface area (Å²) in [6, 6.07) is 13.3. The highest BCUT2D eigenvalue weighted by Gasteiger charge is 2.25. The molecule has 2 atom stereocenters. The second-order valence-electron chi connectivity index (χ2n) is 5.93. The lowest BCUT2D eigenvalue weighted by Crippen LogP contribution is -2.43. The molecule has 0 saturated carbocycles. The van der Waals surface area contributed by atoms with Crippen molar-refractivity contribution in [2.24, 2.45) is 5.73 Å². The van der Waals surface area contributed by atoms with Gasteiger partial charge in [0.2, 0.25) is 0 Å². The predicted molar refractivity (Wildman–Crippen MR) is 86.9 cm³/mol. The average molecular weight is 281 g/mol. The predicted octanol–water partition coefficient (Wildman–Crippen LogP) is 3.23. The first-order chi connectivity index (χ1) is 10.3. The van der Waals surface area contributed by atoms with E-state index in [9.17, 15) is 0 Å². The molecule has 21 heavy (non-hydrogen) atoms. The maximum atomic E-state index is 6.50. The highest BCUT2D eigenvalue weighted by atomic mass is 15.1. The van der Waals surface area contributed by atoms with Crippen LogP contribution in [0.2, 0.25) is 0 Å². The summed E-state index contributed by atoms with van der Waals surface area (Å²) in [6.45, 7) is 1.16. The molecule has 0 bridgehead atoms. The largest absolute Gasteiger partial charge is 0.323 e. The zero-order valence-electron chi connectivity index (χ0n) is 12.6. The van der Waals surface area contributed by atoms with Crippen molar-refractivity contribution in [1.82, 2.24) is 9.88 Å². The molecular weight excluding hydrogens is 258 g/mol. The number of nitrogens with zero attached hydrogens (tertiary/aromatic N) is 2. The summed E-state index contributed by atoms with van der Waals surface area (Å²) in [5.41, 5.74) is 10.1. The van der Waals surface area contributed by atoms with E-state index >= 15 is 0 Å². The Morgan fingerprint density at radius 2 is 1.71 bits per heavy atom. The standard InChI is InChI=1S/C18H23N3/c1-21-13-3-2-4-17(21)18(19)16-7-5-14(6-8-16)15-9-11-20-12-10-15/h5-12,17-18H,2-4,13,19H2,1H3/t17-,18-/m0/s1. The Hall–Kier alpha value is -1.71. The molecule has 1 aromatic carbocycles. The van der Waals surface area contributed by atoms with Gasteiger partial charge in [0.05, 0.1) is 0 Å². The van der Waals surface area contributed by atoms with E-state index in [0.717, 1.165) is 6.54 Å². The maximum absolute atomic E-state index is 6.50. The van der Waals surface area contributed by atoms with E-state index in [4.69, 9.17) is 5.73 Å². The zero-order valence-corrected chi connectivity index (χ0v) is 12.6. The minimum Gasteiger partial charge on any atom is -0.323 e. The molecule has 3 rings (SSSR count). The summed E-state index contributed by atoms with van der Waals surface area (Å²) in [5.74, 6) is 0. The molecule has 3 heteroatoms. The summed E-state index contributed by atoms with van der Waals surface area (Å²) in [6.07, 6.45) is 7.43. The Morgan fingerprint density at radius 3 is 2.38 bits per heavy atom. The zero-order chi connectivity index (χ0) is 14.7. The number of hydrogen-bond acceptors (Lipinski definition) is 3. The van der Waals surface area contributed by atoms with E-state index in [-0.39, 0.29) is 6.04 Å². The van der Waals surface area contributed by atoms with Crippen molar-refractivity contribution in [1.29, 1.82) is 0 Å². The number of likely N-dealkylation sites (N-methyl/N-ethyl adjacent to an activating group) is 1. The average Bonchev–Trinajstić information content (AvgIpc) is 2.56. The maximum Gasteiger partial charge on any atom is 0.0452 e. The van der Waals surface area contributed by atoms with Crippen LogP contribution in [-0.4, -0.2) is 29.5 Å².